The van der Waals surface area contributed by atoms with Gasteiger partial charge in [0, 0.05) is 17.0 Å². The maximum absolute atomic E-state index is 12.2. The van der Waals surface area contributed by atoms with Gasteiger partial charge in [0.2, 0.25) is 0 Å². The first-order valence-electron chi connectivity index (χ1n) is 6.78. The minimum Gasteiger partial charge on any atom is -0.480 e. The molecule has 2 aromatic rings. The number of carboxylic acids is 1. The molecule has 2 aromatic carbocycles. The lowest BCUT2D eigenvalue weighted by Gasteiger charge is -2.15. The van der Waals surface area contributed by atoms with Crippen LogP contribution in [0, 0.1) is 11.3 Å². The second kappa shape index (κ2) is 7.43. The van der Waals surface area contributed by atoms with Gasteiger partial charge in [0.15, 0.2) is 0 Å². The van der Waals surface area contributed by atoms with Crippen molar-refractivity contribution in [3.63, 3.8) is 0 Å². The van der Waals surface area contributed by atoms with Gasteiger partial charge in [0.25, 0.3) is 5.91 Å². The van der Waals surface area contributed by atoms with E-state index in [1.165, 1.54) is 12.1 Å². The van der Waals surface area contributed by atoms with Gasteiger partial charge >= 0.3 is 5.97 Å². The molecule has 6 heteroatoms. The standard InChI is InChI=1S/C17H13ClN2O3/c18-14-6-2-3-11(8-14)9-15(17(22)23)20-16(21)13-5-1-4-12(7-13)10-19/h1-8,15H,9H2,(H,20,21)(H,22,23)/t15-/m0/s1. The maximum atomic E-state index is 12.2. The zero-order valence-corrected chi connectivity index (χ0v) is 12.7. The van der Waals surface area contributed by atoms with E-state index in [4.69, 9.17) is 16.9 Å². The van der Waals surface area contributed by atoms with Crippen molar-refractivity contribution in [2.45, 2.75) is 12.5 Å². The van der Waals surface area contributed by atoms with Gasteiger partial charge in [0.05, 0.1) is 11.6 Å². The lowest BCUT2D eigenvalue weighted by Crippen LogP contribution is -2.42. The summed E-state index contributed by atoms with van der Waals surface area (Å²) < 4.78 is 0. The van der Waals surface area contributed by atoms with Crippen molar-refractivity contribution in [3.05, 3.63) is 70.2 Å². The van der Waals surface area contributed by atoms with Crippen LogP contribution in [-0.4, -0.2) is 23.0 Å². The maximum Gasteiger partial charge on any atom is 0.326 e. The van der Waals surface area contributed by atoms with Crippen molar-refractivity contribution in [1.82, 2.24) is 5.32 Å². The molecule has 0 saturated carbocycles. The van der Waals surface area contributed by atoms with E-state index in [-0.39, 0.29) is 12.0 Å². The summed E-state index contributed by atoms with van der Waals surface area (Å²) in [7, 11) is 0. The van der Waals surface area contributed by atoms with Crippen LogP contribution in [0.3, 0.4) is 0 Å². The fourth-order valence-corrected chi connectivity index (χ4v) is 2.28. The van der Waals surface area contributed by atoms with Gasteiger partial charge < -0.3 is 10.4 Å². The normalized spacial score (nSPS) is 11.3. The van der Waals surface area contributed by atoms with Gasteiger partial charge in [-0.05, 0) is 35.9 Å². The molecule has 0 saturated heterocycles. The average molecular weight is 329 g/mol. The van der Waals surface area contributed by atoms with Crippen molar-refractivity contribution in [2.24, 2.45) is 0 Å². The van der Waals surface area contributed by atoms with Gasteiger partial charge in [-0.3, -0.25) is 4.79 Å². The molecular weight excluding hydrogens is 316 g/mol. The molecular formula is C17H13ClN2O3. The van der Waals surface area contributed by atoms with E-state index in [1.807, 2.05) is 6.07 Å². The highest BCUT2D eigenvalue weighted by Gasteiger charge is 2.21. The number of benzene rings is 2. The highest BCUT2D eigenvalue weighted by Crippen LogP contribution is 2.13. The van der Waals surface area contributed by atoms with Crippen LogP contribution < -0.4 is 5.32 Å². The number of carboxylic acid groups (broad SMARTS) is 1. The van der Waals surface area contributed by atoms with Gasteiger partial charge in [-0.15, -0.1) is 0 Å². The molecule has 2 N–H and O–H groups in total. The number of halogens is 1. The van der Waals surface area contributed by atoms with Crippen LogP contribution in [-0.2, 0) is 11.2 Å². The van der Waals surface area contributed by atoms with Crippen LogP contribution in [0.25, 0.3) is 0 Å². The Morgan fingerprint density at radius 2 is 1.96 bits per heavy atom. The fourth-order valence-electron chi connectivity index (χ4n) is 2.07. The summed E-state index contributed by atoms with van der Waals surface area (Å²) in [4.78, 5) is 23.6. The molecule has 1 atom stereocenters. The molecule has 2 rings (SSSR count). The predicted octanol–water partition coefficient (Wildman–Crippen LogP) is 2.64. The van der Waals surface area contributed by atoms with Crippen molar-refractivity contribution < 1.29 is 14.7 Å². The second-order valence-corrected chi connectivity index (χ2v) is 5.33. The van der Waals surface area contributed by atoms with E-state index >= 15 is 0 Å². The Kier molecular flexibility index (Phi) is 5.34. The molecule has 0 aromatic heterocycles. The Hall–Kier alpha value is -2.84. The van der Waals surface area contributed by atoms with E-state index in [9.17, 15) is 14.7 Å². The predicted molar refractivity (Wildman–Crippen MR) is 85.2 cm³/mol. The Labute approximate surface area is 138 Å². The Bertz CT molecular complexity index is 783. The zero-order valence-electron chi connectivity index (χ0n) is 12.0. The molecule has 23 heavy (non-hydrogen) atoms. The minimum absolute atomic E-state index is 0.111. The van der Waals surface area contributed by atoms with Crippen molar-refractivity contribution >= 4 is 23.5 Å². The molecule has 0 unspecified atom stereocenters. The summed E-state index contributed by atoms with van der Waals surface area (Å²) in [5.41, 5.74) is 1.27. The number of hydrogen-bond donors (Lipinski definition) is 2. The lowest BCUT2D eigenvalue weighted by molar-refractivity contribution is -0.139. The van der Waals surface area contributed by atoms with E-state index in [0.717, 1.165) is 0 Å². The van der Waals surface area contributed by atoms with E-state index < -0.39 is 17.9 Å². The largest absolute Gasteiger partial charge is 0.480 e. The molecule has 0 aliphatic rings. The van der Waals surface area contributed by atoms with Crippen LogP contribution >= 0.6 is 11.6 Å². The SMILES string of the molecule is N#Cc1cccc(C(=O)N[C@@H](Cc2cccc(Cl)c2)C(=O)O)c1. The highest BCUT2D eigenvalue weighted by atomic mass is 35.5. The van der Waals surface area contributed by atoms with E-state index in [1.54, 1.807) is 36.4 Å². The van der Waals surface area contributed by atoms with Crippen LogP contribution in [0.2, 0.25) is 5.02 Å². The Balaban J connectivity index is 2.14. The first-order valence-corrected chi connectivity index (χ1v) is 7.15. The van der Waals surface area contributed by atoms with Gasteiger partial charge in [-0.25, -0.2) is 4.79 Å². The summed E-state index contributed by atoms with van der Waals surface area (Å²) in [6, 6.07) is 13.7. The summed E-state index contributed by atoms with van der Waals surface area (Å²) in [5, 5.41) is 21.1. The smallest absolute Gasteiger partial charge is 0.326 e. The van der Waals surface area contributed by atoms with Gasteiger partial charge in [0.1, 0.15) is 6.04 Å². The number of hydrogen-bond acceptors (Lipinski definition) is 3. The molecule has 0 radical (unpaired) electrons. The number of aliphatic carboxylic acids is 1. The molecule has 116 valence electrons. The number of carbonyl (C=O) groups excluding carboxylic acids is 1. The van der Waals surface area contributed by atoms with Crippen LogP contribution in [0.5, 0.6) is 0 Å². The topological polar surface area (TPSA) is 90.2 Å². The number of amides is 1. The molecule has 0 aliphatic carbocycles. The third-order valence-corrected chi connectivity index (χ3v) is 3.42. The van der Waals surface area contributed by atoms with Gasteiger partial charge in [-0.2, -0.15) is 5.26 Å². The van der Waals surface area contributed by atoms with Gasteiger partial charge in [-0.1, -0.05) is 29.8 Å². The molecule has 0 fully saturated rings. The third kappa shape index (κ3) is 4.56. The quantitative estimate of drug-likeness (QED) is 0.882. The number of nitriles is 1. The van der Waals surface area contributed by atoms with Crippen LogP contribution in [0.4, 0.5) is 0 Å². The van der Waals surface area contributed by atoms with Crippen molar-refractivity contribution in [2.75, 3.05) is 0 Å². The molecule has 0 bridgehead atoms. The number of nitrogens with zero attached hydrogens (tertiary/aromatic N) is 1. The summed E-state index contributed by atoms with van der Waals surface area (Å²) >= 11 is 5.88. The van der Waals surface area contributed by atoms with E-state index in [2.05, 4.69) is 5.32 Å². The van der Waals surface area contributed by atoms with Crippen molar-refractivity contribution in [3.8, 4) is 6.07 Å². The lowest BCUT2D eigenvalue weighted by atomic mass is 10.0. The molecule has 0 aliphatic heterocycles. The first-order chi connectivity index (χ1) is 11.0. The fraction of sp³-hybridized carbons (Fsp3) is 0.118. The van der Waals surface area contributed by atoms with E-state index in [0.29, 0.717) is 16.1 Å². The number of carbonyl (C=O) groups is 2. The average Bonchev–Trinajstić information content (AvgIpc) is 2.54. The molecule has 5 nitrogen and oxygen atoms in total. The Morgan fingerprint density at radius 3 is 2.61 bits per heavy atom. The third-order valence-electron chi connectivity index (χ3n) is 3.19. The first kappa shape index (κ1) is 16.5. The Morgan fingerprint density at radius 1 is 1.22 bits per heavy atom. The van der Waals surface area contributed by atoms with Crippen molar-refractivity contribution in [1.29, 1.82) is 5.26 Å². The minimum atomic E-state index is -1.14. The highest BCUT2D eigenvalue weighted by molar-refractivity contribution is 6.30. The summed E-state index contributed by atoms with van der Waals surface area (Å²) in [6.07, 6.45) is 0.111. The zero-order chi connectivity index (χ0) is 16.8. The molecule has 0 heterocycles. The summed E-state index contributed by atoms with van der Waals surface area (Å²) in [6.45, 7) is 0. The van der Waals surface area contributed by atoms with Crippen LogP contribution in [0.15, 0.2) is 48.5 Å². The molecule has 1 amide bonds. The monoisotopic (exact) mass is 328 g/mol. The number of rotatable bonds is 5. The molecule has 0 spiro atoms. The summed E-state index contributed by atoms with van der Waals surface area (Å²) in [5.74, 6) is -1.69. The second-order valence-electron chi connectivity index (χ2n) is 4.89. The van der Waals surface area contributed by atoms with Crippen LogP contribution in [0.1, 0.15) is 21.5 Å². The number of nitrogens with one attached hydrogen (secondary N) is 1.